The predicted octanol–water partition coefficient (Wildman–Crippen LogP) is 1.84. The molecule has 1 heterocycles. The van der Waals surface area contributed by atoms with Gasteiger partial charge in [0.25, 0.3) is 0 Å². The van der Waals surface area contributed by atoms with Crippen molar-refractivity contribution in [3.8, 4) is 0 Å². The van der Waals surface area contributed by atoms with E-state index in [0.717, 1.165) is 16.9 Å². The quantitative estimate of drug-likeness (QED) is 0.921. The first kappa shape index (κ1) is 15.8. The summed E-state index contributed by atoms with van der Waals surface area (Å²) in [5.74, 6) is 0.871. The molecular weight excluding hydrogens is 292 g/mol. The number of rotatable bonds is 4. The van der Waals surface area contributed by atoms with Gasteiger partial charge in [-0.2, -0.15) is 16.1 Å². The monoisotopic (exact) mass is 314 g/mol. The van der Waals surface area contributed by atoms with Gasteiger partial charge in [0.05, 0.1) is 4.90 Å². The van der Waals surface area contributed by atoms with E-state index in [1.807, 2.05) is 37.9 Å². The molecule has 0 spiro atoms. The lowest BCUT2D eigenvalue weighted by atomic mass is 10.1. The number of hydrogen-bond donors (Lipinski definition) is 1. The van der Waals surface area contributed by atoms with Crippen LogP contribution < -0.4 is 5.32 Å². The van der Waals surface area contributed by atoms with Gasteiger partial charge in [0, 0.05) is 30.6 Å². The molecule has 0 radical (unpaired) electrons. The van der Waals surface area contributed by atoms with Gasteiger partial charge in [-0.05, 0) is 31.2 Å². The van der Waals surface area contributed by atoms with Crippen LogP contribution in [0.25, 0.3) is 0 Å². The molecule has 0 saturated carbocycles. The van der Waals surface area contributed by atoms with Crippen LogP contribution in [0.4, 0.5) is 0 Å². The second-order valence-corrected chi connectivity index (χ2v) is 8.63. The van der Waals surface area contributed by atoms with E-state index in [1.54, 1.807) is 10.4 Å². The zero-order valence-electron chi connectivity index (χ0n) is 12.2. The number of nitrogens with one attached hydrogen (secondary N) is 1. The highest BCUT2D eigenvalue weighted by atomic mass is 32.2. The second-order valence-electron chi connectivity index (χ2n) is 5.17. The highest BCUT2D eigenvalue weighted by molar-refractivity contribution is 8.00. The SMILES string of the molecule is CNCc1ccc(C)c(S(=O)(=O)N2CCSC(C)C2)c1. The number of hydrogen-bond acceptors (Lipinski definition) is 4. The molecule has 1 aliphatic rings. The van der Waals surface area contributed by atoms with Gasteiger partial charge in [-0.3, -0.25) is 0 Å². The van der Waals surface area contributed by atoms with Gasteiger partial charge in [0.15, 0.2) is 0 Å². The average molecular weight is 314 g/mol. The molecule has 2 rings (SSSR count). The molecule has 0 aromatic heterocycles. The van der Waals surface area contributed by atoms with Crippen LogP contribution in [0.5, 0.6) is 0 Å². The first-order valence-electron chi connectivity index (χ1n) is 6.81. The molecule has 0 bridgehead atoms. The smallest absolute Gasteiger partial charge is 0.243 e. The first-order valence-corrected chi connectivity index (χ1v) is 9.30. The lowest BCUT2D eigenvalue weighted by molar-refractivity contribution is 0.424. The van der Waals surface area contributed by atoms with Crippen molar-refractivity contribution >= 4 is 21.8 Å². The largest absolute Gasteiger partial charge is 0.316 e. The Morgan fingerprint density at radius 1 is 1.45 bits per heavy atom. The highest BCUT2D eigenvalue weighted by Crippen LogP contribution is 2.26. The van der Waals surface area contributed by atoms with Crippen molar-refractivity contribution in [1.29, 1.82) is 0 Å². The molecule has 1 aliphatic heterocycles. The molecule has 6 heteroatoms. The van der Waals surface area contributed by atoms with Crippen molar-refractivity contribution < 1.29 is 8.42 Å². The van der Waals surface area contributed by atoms with Gasteiger partial charge in [0.1, 0.15) is 0 Å². The van der Waals surface area contributed by atoms with Crippen LogP contribution in [0.2, 0.25) is 0 Å². The molecule has 1 aromatic rings. The highest BCUT2D eigenvalue weighted by Gasteiger charge is 2.30. The van der Waals surface area contributed by atoms with Crippen LogP contribution in [0.3, 0.4) is 0 Å². The second kappa shape index (κ2) is 6.47. The van der Waals surface area contributed by atoms with Crippen molar-refractivity contribution in [3.05, 3.63) is 29.3 Å². The third kappa shape index (κ3) is 3.36. The molecule has 1 atom stereocenters. The van der Waals surface area contributed by atoms with Crippen LogP contribution in [0.15, 0.2) is 23.1 Å². The minimum atomic E-state index is -3.37. The number of benzene rings is 1. The Morgan fingerprint density at radius 2 is 2.20 bits per heavy atom. The van der Waals surface area contributed by atoms with E-state index in [1.165, 1.54) is 0 Å². The van der Waals surface area contributed by atoms with Crippen LogP contribution in [-0.4, -0.2) is 43.9 Å². The Balaban J connectivity index is 2.35. The maximum atomic E-state index is 12.8. The molecule has 1 N–H and O–H groups in total. The van der Waals surface area contributed by atoms with Crippen molar-refractivity contribution in [2.45, 2.75) is 30.5 Å². The van der Waals surface area contributed by atoms with E-state index >= 15 is 0 Å². The molecule has 0 aliphatic carbocycles. The fourth-order valence-electron chi connectivity index (χ4n) is 2.38. The van der Waals surface area contributed by atoms with Gasteiger partial charge in [-0.1, -0.05) is 19.1 Å². The molecule has 0 amide bonds. The van der Waals surface area contributed by atoms with E-state index in [2.05, 4.69) is 12.2 Å². The number of sulfonamides is 1. The van der Waals surface area contributed by atoms with E-state index in [9.17, 15) is 8.42 Å². The number of nitrogens with zero attached hydrogens (tertiary/aromatic N) is 1. The van der Waals surface area contributed by atoms with Crippen molar-refractivity contribution in [1.82, 2.24) is 9.62 Å². The van der Waals surface area contributed by atoms with E-state index < -0.39 is 10.0 Å². The van der Waals surface area contributed by atoms with Crippen molar-refractivity contribution in [2.75, 3.05) is 25.9 Å². The molecule has 1 aromatic carbocycles. The zero-order chi connectivity index (χ0) is 14.8. The summed E-state index contributed by atoms with van der Waals surface area (Å²) in [6.07, 6.45) is 0. The minimum absolute atomic E-state index is 0.360. The molecule has 20 heavy (non-hydrogen) atoms. The topological polar surface area (TPSA) is 49.4 Å². The Morgan fingerprint density at radius 3 is 2.85 bits per heavy atom. The zero-order valence-corrected chi connectivity index (χ0v) is 13.9. The molecule has 4 nitrogen and oxygen atoms in total. The van der Waals surface area contributed by atoms with E-state index in [0.29, 0.717) is 29.8 Å². The van der Waals surface area contributed by atoms with Crippen molar-refractivity contribution in [3.63, 3.8) is 0 Å². The summed E-state index contributed by atoms with van der Waals surface area (Å²) >= 11 is 1.83. The number of aryl methyl sites for hydroxylation is 1. The average Bonchev–Trinajstić information content (AvgIpc) is 2.41. The molecule has 1 unspecified atom stereocenters. The van der Waals surface area contributed by atoms with E-state index in [-0.39, 0.29) is 0 Å². The summed E-state index contributed by atoms with van der Waals surface area (Å²) in [5, 5.41) is 3.42. The summed E-state index contributed by atoms with van der Waals surface area (Å²) in [5.41, 5.74) is 1.81. The first-order chi connectivity index (χ1) is 9.45. The Kier molecular flexibility index (Phi) is 5.12. The van der Waals surface area contributed by atoms with Crippen LogP contribution in [0.1, 0.15) is 18.1 Å². The van der Waals surface area contributed by atoms with Gasteiger partial charge in [-0.25, -0.2) is 8.42 Å². The van der Waals surface area contributed by atoms with Crippen LogP contribution in [-0.2, 0) is 16.6 Å². The number of thioether (sulfide) groups is 1. The Bertz CT molecular complexity index is 573. The normalized spacial score (nSPS) is 21.1. The molecular formula is C14H22N2O2S2. The Hall–Kier alpha value is -0.560. The van der Waals surface area contributed by atoms with Crippen LogP contribution >= 0.6 is 11.8 Å². The van der Waals surface area contributed by atoms with Crippen molar-refractivity contribution in [2.24, 2.45) is 0 Å². The minimum Gasteiger partial charge on any atom is -0.316 e. The third-order valence-corrected chi connectivity index (χ3v) is 6.60. The molecule has 1 fully saturated rings. The van der Waals surface area contributed by atoms with Crippen LogP contribution in [0, 0.1) is 6.92 Å². The molecule has 1 saturated heterocycles. The van der Waals surface area contributed by atoms with Gasteiger partial charge < -0.3 is 5.32 Å². The third-order valence-electron chi connectivity index (χ3n) is 3.46. The predicted molar refractivity (Wildman–Crippen MR) is 84.6 cm³/mol. The fourth-order valence-corrected chi connectivity index (χ4v) is 5.41. The summed E-state index contributed by atoms with van der Waals surface area (Å²) < 4.78 is 27.2. The van der Waals surface area contributed by atoms with Gasteiger partial charge >= 0.3 is 0 Å². The summed E-state index contributed by atoms with van der Waals surface area (Å²) in [7, 11) is -1.52. The molecule has 112 valence electrons. The standard InChI is InChI=1S/C14H22N2O2S2/c1-11-4-5-13(9-15-3)8-14(11)20(17,18)16-6-7-19-12(2)10-16/h4-5,8,12,15H,6-7,9-10H2,1-3H3. The summed E-state index contributed by atoms with van der Waals surface area (Å²) in [6, 6.07) is 5.66. The van der Waals surface area contributed by atoms with E-state index in [4.69, 9.17) is 0 Å². The lowest BCUT2D eigenvalue weighted by Crippen LogP contribution is -2.41. The maximum Gasteiger partial charge on any atom is 0.243 e. The van der Waals surface area contributed by atoms with Gasteiger partial charge in [-0.15, -0.1) is 0 Å². The summed E-state index contributed by atoms with van der Waals surface area (Å²) in [4.78, 5) is 0.448. The Labute approximate surface area is 126 Å². The lowest BCUT2D eigenvalue weighted by Gasteiger charge is -2.30. The van der Waals surface area contributed by atoms with Gasteiger partial charge in [0.2, 0.25) is 10.0 Å². The fraction of sp³-hybridized carbons (Fsp3) is 0.571. The summed E-state index contributed by atoms with van der Waals surface area (Å²) in [6.45, 7) is 5.82. The maximum absolute atomic E-state index is 12.8.